The Morgan fingerprint density at radius 1 is 0.707 bits per heavy atom. The summed E-state index contributed by atoms with van der Waals surface area (Å²) in [6.07, 6.45) is 12.8. The van der Waals surface area contributed by atoms with Crippen LogP contribution in [0.25, 0.3) is 0 Å². The molecule has 0 bridgehead atoms. The zero-order valence-electron chi connectivity index (χ0n) is 27.1. The highest BCUT2D eigenvalue weighted by molar-refractivity contribution is 6.01. The van der Waals surface area contributed by atoms with E-state index in [9.17, 15) is 14.4 Å². The number of imide groups is 1. The van der Waals surface area contributed by atoms with Crippen LogP contribution in [-0.4, -0.2) is 29.1 Å². The Hall–Kier alpha value is -1.59. The van der Waals surface area contributed by atoms with Gasteiger partial charge in [0.05, 0.1) is 0 Å². The van der Waals surface area contributed by atoms with Crippen LogP contribution in [-0.2, 0) is 19.2 Å². The summed E-state index contributed by atoms with van der Waals surface area (Å²) in [5, 5.41) is 0.592. The summed E-state index contributed by atoms with van der Waals surface area (Å²) in [7, 11) is 0. The van der Waals surface area contributed by atoms with E-state index in [0.29, 0.717) is 32.6 Å². The van der Waals surface area contributed by atoms with Gasteiger partial charge in [0.15, 0.2) is 0 Å². The van der Waals surface area contributed by atoms with Crippen LogP contribution in [0.1, 0.15) is 139 Å². The van der Waals surface area contributed by atoms with Gasteiger partial charge < -0.3 is 4.74 Å². The largest absolute Gasteiger partial charge is 0.534 e. The van der Waals surface area contributed by atoms with Crippen molar-refractivity contribution in [1.82, 2.24) is 5.06 Å². The third kappa shape index (κ3) is 4.10. The normalized spacial score (nSPS) is 50.7. The summed E-state index contributed by atoms with van der Waals surface area (Å²) in [4.78, 5) is 41.6. The van der Waals surface area contributed by atoms with Crippen LogP contribution in [0.3, 0.4) is 0 Å². The van der Waals surface area contributed by atoms with E-state index < -0.39 is 18.0 Å². The van der Waals surface area contributed by atoms with Gasteiger partial charge in [0.1, 0.15) is 6.10 Å². The van der Waals surface area contributed by atoms with E-state index in [1.54, 1.807) is 0 Å². The Labute approximate surface area is 248 Å². The fourth-order valence-electron chi connectivity index (χ4n) is 12.4. The maximum Gasteiger partial charge on any atom is 0.534 e. The molecule has 5 aliphatic carbocycles. The molecule has 6 fully saturated rings. The minimum atomic E-state index is -0.922. The van der Waals surface area contributed by atoms with Crippen LogP contribution in [0, 0.1) is 56.2 Å². The van der Waals surface area contributed by atoms with Crippen LogP contribution in [0.4, 0.5) is 4.79 Å². The second-order valence-corrected chi connectivity index (χ2v) is 17.5. The molecule has 41 heavy (non-hydrogen) atoms. The van der Waals surface area contributed by atoms with E-state index in [4.69, 9.17) is 9.57 Å². The fraction of sp³-hybridized carbons (Fsp3) is 0.914. The van der Waals surface area contributed by atoms with Crippen molar-refractivity contribution in [1.29, 1.82) is 0 Å². The smallest absolute Gasteiger partial charge is 0.429 e. The highest BCUT2D eigenvalue weighted by atomic mass is 16.8. The number of rotatable bonds is 2. The molecule has 0 aromatic heterocycles. The number of hydrogen-bond donors (Lipinski definition) is 0. The first-order valence-electron chi connectivity index (χ1n) is 16.7. The first-order valence-corrected chi connectivity index (χ1v) is 16.7. The average molecular weight is 570 g/mol. The van der Waals surface area contributed by atoms with Gasteiger partial charge in [-0.15, -0.1) is 0 Å². The molecule has 230 valence electrons. The molecule has 6 aliphatic rings. The average Bonchev–Trinajstić information content (AvgIpc) is 3.21. The number of hydroxylamine groups is 2. The molecule has 0 radical (unpaired) electrons. The van der Waals surface area contributed by atoms with Crippen molar-refractivity contribution in [3.05, 3.63) is 0 Å². The van der Waals surface area contributed by atoms with Crippen molar-refractivity contribution in [3.8, 4) is 0 Å². The predicted molar refractivity (Wildman–Crippen MR) is 157 cm³/mol. The lowest BCUT2D eigenvalue weighted by Crippen LogP contribution is -2.68. The maximum atomic E-state index is 12.7. The topological polar surface area (TPSA) is 72.9 Å². The molecule has 6 nitrogen and oxygen atoms in total. The summed E-state index contributed by atoms with van der Waals surface area (Å²) >= 11 is 0. The van der Waals surface area contributed by atoms with Crippen LogP contribution in [0.5, 0.6) is 0 Å². The van der Waals surface area contributed by atoms with Gasteiger partial charge in [-0.05, 0) is 127 Å². The Morgan fingerprint density at radius 2 is 1.32 bits per heavy atom. The number of carbonyl (C=O) groups excluding carboxylic acids is 3. The molecule has 0 spiro atoms. The molecule has 1 aliphatic heterocycles. The lowest BCUT2D eigenvalue weighted by molar-refractivity contribution is -0.263. The summed E-state index contributed by atoms with van der Waals surface area (Å²) in [5.74, 6) is 1.37. The molecule has 1 saturated heterocycles. The standard InChI is InChI=1S/C35H55NO5/c1-22-23(40-29(39)41-36-27(37)11-12-28(36)38)9-10-24-32(22,5)14-13-25-33(24,6)18-20-35(8)26-21-30(2,3)15-16-31(26,4)17-19-34(25,35)7/h22-26H,9-21H2,1-8H3/t22-,23-,24+,25-,26+,31+,32+,33-,34+,35-/m0/s1. The summed E-state index contributed by atoms with van der Waals surface area (Å²) in [5.41, 5.74) is 2.04. The summed E-state index contributed by atoms with van der Waals surface area (Å²) in [6, 6.07) is 0. The lowest BCUT2D eigenvalue weighted by Gasteiger charge is -2.75. The SMILES string of the molecule is C[C@H]1[C@@H](OC(=O)ON2C(=O)CCC2=O)CC[C@@H]2[C@]1(C)CC[C@H]1[C@@]2(C)CC[C@@]2(C)[C@@H]3CC(C)(C)CC[C@]3(C)CC[C@]12C. The molecule has 0 aromatic rings. The van der Waals surface area contributed by atoms with Crippen molar-refractivity contribution in [2.75, 3.05) is 0 Å². The van der Waals surface area contributed by atoms with Crippen molar-refractivity contribution in [2.45, 2.75) is 145 Å². The van der Waals surface area contributed by atoms with Gasteiger partial charge in [0, 0.05) is 12.8 Å². The van der Waals surface area contributed by atoms with E-state index in [0.717, 1.165) is 31.1 Å². The van der Waals surface area contributed by atoms with Crippen molar-refractivity contribution >= 4 is 18.0 Å². The highest BCUT2D eigenvalue weighted by Crippen LogP contribution is 2.78. The monoisotopic (exact) mass is 569 g/mol. The Morgan fingerprint density at radius 3 is 2.00 bits per heavy atom. The molecular weight excluding hydrogens is 514 g/mol. The molecule has 0 unspecified atom stereocenters. The zero-order chi connectivity index (χ0) is 29.8. The first kappa shape index (κ1) is 29.5. The molecule has 5 saturated carbocycles. The van der Waals surface area contributed by atoms with Gasteiger partial charge in [-0.2, -0.15) is 0 Å². The molecule has 10 atom stereocenters. The van der Waals surface area contributed by atoms with E-state index in [2.05, 4.69) is 55.4 Å². The maximum absolute atomic E-state index is 12.7. The van der Waals surface area contributed by atoms with Crippen LogP contribution >= 0.6 is 0 Å². The molecule has 1 heterocycles. The third-order valence-corrected chi connectivity index (χ3v) is 15.3. The second kappa shape index (κ2) is 9.21. The molecule has 0 aromatic carbocycles. The Bertz CT molecular complexity index is 1120. The van der Waals surface area contributed by atoms with E-state index >= 15 is 0 Å². The van der Waals surface area contributed by atoms with E-state index in [-0.39, 0.29) is 35.7 Å². The summed E-state index contributed by atoms with van der Waals surface area (Å²) < 4.78 is 5.85. The van der Waals surface area contributed by atoms with Crippen LogP contribution < -0.4 is 0 Å². The van der Waals surface area contributed by atoms with Crippen LogP contribution in [0.2, 0.25) is 0 Å². The van der Waals surface area contributed by atoms with Crippen molar-refractivity contribution in [2.24, 2.45) is 56.2 Å². The van der Waals surface area contributed by atoms with Crippen molar-refractivity contribution < 1.29 is 24.0 Å². The number of amides is 2. The minimum Gasteiger partial charge on any atom is -0.429 e. The quantitative estimate of drug-likeness (QED) is 0.246. The Kier molecular flexibility index (Phi) is 6.62. The zero-order valence-corrected chi connectivity index (χ0v) is 27.1. The Balaban J connectivity index is 1.22. The molecule has 6 rings (SSSR count). The highest BCUT2D eigenvalue weighted by Gasteiger charge is 2.71. The first-order chi connectivity index (χ1) is 19.0. The molecule has 6 heteroatoms. The number of hydrogen-bond acceptors (Lipinski definition) is 5. The number of ether oxygens (including phenoxy) is 1. The van der Waals surface area contributed by atoms with Gasteiger partial charge in [0.25, 0.3) is 11.8 Å². The number of carbonyl (C=O) groups is 3. The van der Waals surface area contributed by atoms with Crippen molar-refractivity contribution in [3.63, 3.8) is 0 Å². The second-order valence-electron chi connectivity index (χ2n) is 17.5. The van der Waals surface area contributed by atoms with Gasteiger partial charge >= 0.3 is 6.16 Å². The fourth-order valence-corrected chi connectivity index (χ4v) is 12.4. The minimum absolute atomic E-state index is 0.0772. The molecular formula is C35H55NO5. The van der Waals surface area contributed by atoms with E-state index in [1.807, 2.05) is 0 Å². The lowest BCUT2D eigenvalue weighted by atomic mass is 9.30. The number of fused-ring (bicyclic) bond motifs is 7. The molecule has 0 N–H and O–H groups in total. The third-order valence-electron chi connectivity index (χ3n) is 15.3. The van der Waals surface area contributed by atoms with E-state index in [1.165, 1.54) is 51.4 Å². The summed E-state index contributed by atoms with van der Waals surface area (Å²) in [6.45, 7) is 20.4. The van der Waals surface area contributed by atoms with Gasteiger partial charge in [-0.3, -0.25) is 14.4 Å². The predicted octanol–water partition coefficient (Wildman–Crippen LogP) is 8.47. The van der Waals surface area contributed by atoms with Gasteiger partial charge in [-0.1, -0.05) is 60.5 Å². The van der Waals surface area contributed by atoms with Gasteiger partial charge in [0.2, 0.25) is 0 Å². The van der Waals surface area contributed by atoms with Gasteiger partial charge in [-0.25, -0.2) is 4.79 Å². The number of nitrogens with zero attached hydrogens (tertiary/aromatic N) is 1. The molecule has 2 amide bonds. The van der Waals surface area contributed by atoms with Crippen LogP contribution in [0.15, 0.2) is 0 Å².